The number of ether oxygens (including phenoxy) is 2. The van der Waals surface area contributed by atoms with E-state index < -0.39 is 28.5 Å². The molecule has 5 aromatic carbocycles. The molecule has 258 valence electrons. The zero-order chi connectivity index (χ0) is 36.4. The van der Waals surface area contributed by atoms with Crippen LogP contribution in [0.25, 0.3) is 22.5 Å². The molecule has 0 aliphatic carbocycles. The number of fused-ring (bicyclic) bond motifs is 2. The number of benzene rings is 5. The highest BCUT2D eigenvalue weighted by Gasteiger charge is 2.35. The molecule has 0 spiro atoms. The fourth-order valence-electron chi connectivity index (χ4n) is 6.06. The van der Waals surface area contributed by atoms with Crippen LogP contribution < -0.4 is 19.6 Å². The van der Waals surface area contributed by atoms with Gasteiger partial charge in [0.05, 0.1) is 38.9 Å². The van der Waals surface area contributed by atoms with Gasteiger partial charge in [-0.1, -0.05) is 84.1 Å². The minimum atomic E-state index is -0.851. The zero-order valence-corrected chi connectivity index (χ0v) is 29.5. The number of carbonyl (C=O) groups is 2. The van der Waals surface area contributed by atoms with Crippen molar-refractivity contribution in [1.82, 2.24) is 4.57 Å². The molecule has 1 aliphatic rings. The van der Waals surface area contributed by atoms with Gasteiger partial charge in [0.1, 0.15) is 5.75 Å². The van der Waals surface area contributed by atoms with Gasteiger partial charge in [0.15, 0.2) is 4.80 Å². The fourth-order valence-corrected chi connectivity index (χ4v) is 7.46. The molecule has 0 unspecified atom stereocenters. The predicted octanol–water partition coefficient (Wildman–Crippen LogP) is 6.94. The molecule has 6 aromatic rings. The van der Waals surface area contributed by atoms with Crippen molar-refractivity contribution in [1.29, 1.82) is 0 Å². The number of nitro benzene ring substituents is 1. The van der Waals surface area contributed by atoms with Gasteiger partial charge in [0.2, 0.25) is 0 Å². The SMILES string of the molecule is CCOC(=O)C1=C(c2ccccc2)N=c2s/c(=C\c3c(OC(=O)c4ccc([N+](=O)[O-])cc4)ccc4ccccc34)c(=O)n2[C@H]1c1ccc(SC)cc1. The van der Waals surface area contributed by atoms with Crippen LogP contribution in [0, 0.1) is 10.1 Å². The Balaban J connectivity index is 1.44. The van der Waals surface area contributed by atoms with Crippen molar-refractivity contribution in [2.45, 2.75) is 17.9 Å². The van der Waals surface area contributed by atoms with E-state index in [0.29, 0.717) is 31.7 Å². The summed E-state index contributed by atoms with van der Waals surface area (Å²) < 4.78 is 13.3. The summed E-state index contributed by atoms with van der Waals surface area (Å²) in [6.45, 7) is 1.86. The van der Waals surface area contributed by atoms with E-state index in [0.717, 1.165) is 27.0 Å². The minimum Gasteiger partial charge on any atom is -0.463 e. The first-order valence-corrected chi connectivity index (χ1v) is 18.2. The van der Waals surface area contributed by atoms with Crippen LogP contribution >= 0.6 is 23.1 Å². The molecule has 0 N–H and O–H groups in total. The molecule has 0 fully saturated rings. The monoisotopic (exact) mass is 727 g/mol. The van der Waals surface area contributed by atoms with Gasteiger partial charge < -0.3 is 9.47 Å². The summed E-state index contributed by atoms with van der Waals surface area (Å²) >= 11 is 2.74. The zero-order valence-electron chi connectivity index (χ0n) is 27.8. The number of nitro groups is 1. The van der Waals surface area contributed by atoms with Crippen LogP contribution in [0.3, 0.4) is 0 Å². The van der Waals surface area contributed by atoms with E-state index in [9.17, 15) is 24.5 Å². The number of thioether (sulfide) groups is 1. The van der Waals surface area contributed by atoms with E-state index >= 15 is 0 Å². The summed E-state index contributed by atoms with van der Waals surface area (Å²) in [7, 11) is 0. The average Bonchev–Trinajstić information content (AvgIpc) is 3.49. The summed E-state index contributed by atoms with van der Waals surface area (Å²) in [5.74, 6) is -1.11. The highest BCUT2D eigenvalue weighted by molar-refractivity contribution is 7.98. The van der Waals surface area contributed by atoms with E-state index in [1.807, 2.05) is 91.2 Å². The number of nitrogens with zero attached hydrogens (tertiary/aromatic N) is 3. The van der Waals surface area contributed by atoms with Crippen LogP contribution in [0.15, 0.2) is 136 Å². The summed E-state index contributed by atoms with van der Waals surface area (Å²) in [6.07, 6.45) is 3.65. The van der Waals surface area contributed by atoms with E-state index in [1.54, 1.807) is 30.8 Å². The lowest BCUT2D eigenvalue weighted by molar-refractivity contribution is -0.384. The topological polar surface area (TPSA) is 130 Å². The minimum absolute atomic E-state index is 0.122. The Bertz CT molecular complexity index is 2580. The third-order valence-corrected chi connectivity index (χ3v) is 10.3. The second kappa shape index (κ2) is 14.6. The van der Waals surface area contributed by atoms with Gasteiger partial charge in [-0.15, -0.1) is 11.8 Å². The van der Waals surface area contributed by atoms with Gasteiger partial charge >= 0.3 is 11.9 Å². The molecule has 10 nitrogen and oxygen atoms in total. The van der Waals surface area contributed by atoms with E-state index in [2.05, 4.69) is 0 Å². The average molecular weight is 728 g/mol. The highest BCUT2D eigenvalue weighted by Crippen LogP contribution is 2.36. The van der Waals surface area contributed by atoms with Gasteiger partial charge in [0, 0.05) is 28.2 Å². The molecular weight excluding hydrogens is 699 g/mol. The summed E-state index contributed by atoms with van der Waals surface area (Å²) in [5.41, 5.74) is 2.11. The maximum absolute atomic E-state index is 14.6. The van der Waals surface area contributed by atoms with Crippen molar-refractivity contribution in [2.75, 3.05) is 12.9 Å². The number of hydrogen-bond donors (Lipinski definition) is 0. The Morgan fingerprint density at radius 3 is 2.33 bits per heavy atom. The summed E-state index contributed by atoms with van der Waals surface area (Å²) in [5, 5.41) is 12.7. The molecule has 7 rings (SSSR count). The number of rotatable bonds is 9. The van der Waals surface area contributed by atoms with Crippen LogP contribution in [-0.2, 0) is 9.53 Å². The van der Waals surface area contributed by atoms with Gasteiger partial charge in [-0.25, -0.2) is 14.6 Å². The lowest BCUT2D eigenvalue weighted by atomic mass is 9.93. The van der Waals surface area contributed by atoms with E-state index in [1.165, 1.54) is 28.8 Å². The van der Waals surface area contributed by atoms with Crippen LogP contribution in [-0.4, -0.2) is 34.3 Å². The predicted molar refractivity (Wildman–Crippen MR) is 201 cm³/mol. The molecule has 1 aromatic heterocycles. The van der Waals surface area contributed by atoms with Crippen LogP contribution in [0.5, 0.6) is 5.75 Å². The molecule has 0 amide bonds. The van der Waals surface area contributed by atoms with Gasteiger partial charge in [-0.3, -0.25) is 19.5 Å². The van der Waals surface area contributed by atoms with Crippen molar-refractivity contribution in [3.8, 4) is 5.75 Å². The van der Waals surface area contributed by atoms with Crippen molar-refractivity contribution in [2.24, 2.45) is 4.99 Å². The molecule has 52 heavy (non-hydrogen) atoms. The summed E-state index contributed by atoms with van der Waals surface area (Å²) in [4.78, 5) is 58.7. The number of carbonyl (C=O) groups excluding carboxylic acids is 2. The summed E-state index contributed by atoms with van der Waals surface area (Å²) in [6, 6.07) is 32.3. The second-order valence-corrected chi connectivity index (χ2v) is 13.5. The first kappa shape index (κ1) is 34.3. The molecule has 1 aliphatic heterocycles. The Labute approximate surface area is 305 Å². The molecular formula is C40H29N3O7S2. The quantitative estimate of drug-likeness (QED) is 0.0515. The van der Waals surface area contributed by atoms with Crippen molar-refractivity contribution in [3.63, 3.8) is 0 Å². The van der Waals surface area contributed by atoms with Gasteiger partial charge in [-0.05, 0) is 65.9 Å². The molecule has 0 saturated heterocycles. The normalized spacial score (nSPS) is 14.1. The molecule has 0 bridgehead atoms. The van der Waals surface area contributed by atoms with Crippen LogP contribution in [0.4, 0.5) is 5.69 Å². The van der Waals surface area contributed by atoms with Gasteiger partial charge in [0.25, 0.3) is 11.2 Å². The van der Waals surface area contributed by atoms with Gasteiger partial charge in [-0.2, -0.15) is 0 Å². The van der Waals surface area contributed by atoms with Crippen molar-refractivity contribution < 1.29 is 24.0 Å². The first-order valence-electron chi connectivity index (χ1n) is 16.2. The van der Waals surface area contributed by atoms with Crippen LogP contribution in [0.1, 0.15) is 40.0 Å². The Morgan fingerprint density at radius 1 is 0.923 bits per heavy atom. The maximum atomic E-state index is 14.6. The maximum Gasteiger partial charge on any atom is 0.343 e. The number of aromatic nitrogens is 1. The number of thiazole rings is 1. The third kappa shape index (κ3) is 6.57. The molecule has 12 heteroatoms. The Kier molecular flexibility index (Phi) is 9.66. The molecule has 0 saturated carbocycles. The second-order valence-electron chi connectivity index (χ2n) is 11.6. The fraction of sp³-hybridized carbons (Fsp3) is 0.100. The van der Waals surface area contributed by atoms with E-state index in [4.69, 9.17) is 14.5 Å². The molecule has 0 radical (unpaired) electrons. The number of hydrogen-bond acceptors (Lipinski definition) is 10. The standard InChI is InChI=1S/C40H29N3O7S2/c1-3-49-39(46)34-35(25-10-5-4-6-11-25)41-40-42(36(34)26-15-20-29(51-2)21-16-26)37(44)33(52-40)23-31-30-12-8-7-9-24(30)17-22-32(31)50-38(45)27-13-18-28(19-14-27)43(47)48/h4-23,36H,3H2,1-2H3/b33-23-/t36-/m0/s1. The Morgan fingerprint density at radius 2 is 1.63 bits per heavy atom. The first-order chi connectivity index (χ1) is 25.3. The Hall–Kier alpha value is -6.11. The lowest BCUT2D eigenvalue weighted by Crippen LogP contribution is -2.40. The number of non-ortho nitro benzene ring substituents is 1. The van der Waals surface area contributed by atoms with E-state index in [-0.39, 0.29) is 29.2 Å². The highest BCUT2D eigenvalue weighted by atomic mass is 32.2. The largest absolute Gasteiger partial charge is 0.463 e. The van der Waals surface area contributed by atoms with Crippen molar-refractivity contribution >= 4 is 63.3 Å². The van der Waals surface area contributed by atoms with Crippen LogP contribution in [0.2, 0.25) is 0 Å². The lowest BCUT2D eigenvalue weighted by Gasteiger charge is -2.26. The molecule has 1 atom stereocenters. The number of esters is 2. The van der Waals surface area contributed by atoms with Crippen molar-refractivity contribution in [3.05, 3.63) is 173 Å². The third-order valence-electron chi connectivity index (χ3n) is 8.53. The molecule has 2 heterocycles. The smallest absolute Gasteiger partial charge is 0.343 e.